The Morgan fingerprint density at radius 3 is 3.00 bits per heavy atom. The Labute approximate surface area is 136 Å². The van der Waals surface area contributed by atoms with Gasteiger partial charge < -0.3 is 9.64 Å². The molecule has 1 amide bonds. The normalized spacial score (nSPS) is 26.3. The van der Waals surface area contributed by atoms with Crippen LogP contribution in [0, 0.1) is 12.3 Å². The lowest BCUT2D eigenvalue weighted by Gasteiger charge is -2.38. The van der Waals surface area contributed by atoms with E-state index in [4.69, 9.17) is 4.74 Å². The van der Waals surface area contributed by atoms with E-state index in [0.29, 0.717) is 12.5 Å². The number of piperidine rings is 1. The Morgan fingerprint density at radius 1 is 1.41 bits per heavy atom. The fraction of sp³-hybridized carbons (Fsp3) is 0.750. The summed E-state index contributed by atoms with van der Waals surface area (Å²) in [6.45, 7) is 7.10. The third-order valence-electron chi connectivity index (χ3n) is 4.87. The van der Waals surface area contributed by atoms with Crippen molar-refractivity contribution in [2.75, 3.05) is 39.9 Å². The number of aromatic nitrogens is 1. The minimum Gasteiger partial charge on any atom is -0.383 e. The average Bonchev–Trinajstić information content (AvgIpc) is 3.03. The molecular weight excluding hydrogens is 298 g/mol. The van der Waals surface area contributed by atoms with Gasteiger partial charge in [0, 0.05) is 38.7 Å². The number of rotatable bonds is 5. The molecule has 2 aliphatic rings. The fourth-order valence-corrected chi connectivity index (χ4v) is 4.36. The minimum absolute atomic E-state index is 0.156. The lowest BCUT2D eigenvalue weighted by molar-refractivity contribution is -0.139. The van der Waals surface area contributed by atoms with Gasteiger partial charge in [0.25, 0.3) is 0 Å². The molecule has 0 unspecified atom stereocenters. The van der Waals surface area contributed by atoms with E-state index >= 15 is 0 Å². The second-order valence-corrected chi connectivity index (χ2v) is 7.55. The highest BCUT2D eigenvalue weighted by Gasteiger charge is 2.48. The molecule has 0 bridgehead atoms. The Hall–Kier alpha value is -0.980. The van der Waals surface area contributed by atoms with Crippen molar-refractivity contribution in [3.63, 3.8) is 0 Å². The van der Waals surface area contributed by atoms with Gasteiger partial charge in [-0.3, -0.25) is 9.69 Å². The number of amides is 1. The van der Waals surface area contributed by atoms with Crippen LogP contribution in [0.1, 0.15) is 30.0 Å². The smallest absolute Gasteiger partial charge is 0.230 e. The van der Waals surface area contributed by atoms with Crippen molar-refractivity contribution in [3.05, 3.63) is 16.1 Å². The summed E-state index contributed by atoms with van der Waals surface area (Å²) in [6, 6.07) is 0. The number of hydrogen-bond acceptors (Lipinski definition) is 5. The number of ether oxygens (including phenoxy) is 1. The molecule has 2 saturated heterocycles. The van der Waals surface area contributed by atoms with Gasteiger partial charge in [-0.1, -0.05) is 0 Å². The van der Waals surface area contributed by atoms with E-state index in [9.17, 15) is 4.79 Å². The summed E-state index contributed by atoms with van der Waals surface area (Å²) in [5, 5.41) is 3.25. The van der Waals surface area contributed by atoms with Gasteiger partial charge in [0.1, 0.15) is 0 Å². The third kappa shape index (κ3) is 3.19. The Bertz CT molecular complexity index is 533. The first-order valence-corrected chi connectivity index (χ1v) is 8.93. The second-order valence-electron chi connectivity index (χ2n) is 6.49. The van der Waals surface area contributed by atoms with Gasteiger partial charge >= 0.3 is 0 Å². The van der Waals surface area contributed by atoms with E-state index in [2.05, 4.69) is 15.3 Å². The van der Waals surface area contributed by atoms with Gasteiger partial charge in [-0.2, -0.15) is 0 Å². The monoisotopic (exact) mass is 323 g/mol. The van der Waals surface area contributed by atoms with E-state index in [1.54, 1.807) is 18.4 Å². The summed E-state index contributed by atoms with van der Waals surface area (Å²) in [7, 11) is 1.69. The molecule has 0 aromatic carbocycles. The van der Waals surface area contributed by atoms with E-state index in [-0.39, 0.29) is 5.41 Å². The van der Waals surface area contributed by atoms with Crippen molar-refractivity contribution in [1.82, 2.24) is 14.8 Å². The number of nitrogens with zero attached hydrogens (tertiary/aromatic N) is 3. The topological polar surface area (TPSA) is 45.7 Å². The van der Waals surface area contributed by atoms with Crippen LogP contribution in [0.2, 0.25) is 0 Å². The molecule has 5 nitrogen and oxygen atoms in total. The molecule has 1 spiro atoms. The number of carbonyl (C=O) groups is 1. The van der Waals surface area contributed by atoms with Gasteiger partial charge in [-0.05, 0) is 32.7 Å². The van der Waals surface area contributed by atoms with E-state index in [1.807, 2.05) is 11.8 Å². The number of carbonyl (C=O) groups excluding carboxylic acids is 1. The van der Waals surface area contributed by atoms with Gasteiger partial charge in [0.2, 0.25) is 5.91 Å². The van der Waals surface area contributed by atoms with Crippen LogP contribution in [-0.4, -0.2) is 60.6 Å². The first kappa shape index (κ1) is 15.9. The first-order valence-electron chi connectivity index (χ1n) is 8.05. The molecule has 1 atom stereocenters. The molecule has 22 heavy (non-hydrogen) atoms. The lowest BCUT2D eigenvalue weighted by atomic mass is 9.78. The number of likely N-dealkylation sites (tertiary alicyclic amines) is 2. The maximum Gasteiger partial charge on any atom is 0.230 e. The molecule has 2 fully saturated rings. The highest BCUT2D eigenvalue weighted by molar-refractivity contribution is 7.09. The van der Waals surface area contributed by atoms with Crippen LogP contribution in [0.4, 0.5) is 0 Å². The molecule has 0 N–H and O–H groups in total. The van der Waals surface area contributed by atoms with Crippen LogP contribution < -0.4 is 0 Å². The molecule has 6 heteroatoms. The summed E-state index contributed by atoms with van der Waals surface area (Å²) in [6.07, 6.45) is 3.12. The second kappa shape index (κ2) is 6.64. The van der Waals surface area contributed by atoms with Crippen LogP contribution >= 0.6 is 11.3 Å². The van der Waals surface area contributed by atoms with Crippen molar-refractivity contribution in [2.45, 2.75) is 32.7 Å². The van der Waals surface area contributed by atoms with Gasteiger partial charge in [-0.25, -0.2) is 4.98 Å². The molecule has 1 aromatic heterocycles. The van der Waals surface area contributed by atoms with Crippen molar-refractivity contribution < 1.29 is 9.53 Å². The standard InChI is InChI=1S/C16H25N3O2S/c1-13-17-14(11-22-13)10-18-6-3-4-16(12-18)5-7-19(15(16)20)8-9-21-2/h11H,3-10,12H2,1-2H3/t16-/m1/s1. The van der Waals surface area contributed by atoms with Gasteiger partial charge in [0.05, 0.1) is 22.7 Å². The van der Waals surface area contributed by atoms with Crippen molar-refractivity contribution in [3.8, 4) is 0 Å². The molecule has 0 saturated carbocycles. The van der Waals surface area contributed by atoms with E-state index in [1.165, 1.54) is 0 Å². The van der Waals surface area contributed by atoms with Gasteiger partial charge in [0.15, 0.2) is 0 Å². The molecule has 3 rings (SSSR count). The van der Waals surface area contributed by atoms with Crippen LogP contribution in [0.5, 0.6) is 0 Å². The molecule has 2 aliphatic heterocycles. The minimum atomic E-state index is -0.156. The molecule has 0 aliphatic carbocycles. The largest absolute Gasteiger partial charge is 0.383 e. The van der Waals surface area contributed by atoms with Crippen LogP contribution in [0.25, 0.3) is 0 Å². The SMILES string of the molecule is COCCN1CC[C@@]2(CCCN(Cc3csc(C)n3)C2)C1=O. The fourth-order valence-electron chi connectivity index (χ4n) is 3.76. The van der Waals surface area contributed by atoms with Crippen molar-refractivity contribution in [2.24, 2.45) is 5.41 Å². The quantitative estimate of drug-likeness (QED) is 0.830. The summed E-state index contributed by atoms with van der Waals surface area (Å²) < 4.78 is 5.12. The zero-order chi connectivity index (χ0) is 15.6. The zero-order valence-corrected chi connectivity index (χ0v) is 14.3. The third-order valence-corrected chi connectivity index (χ3v) is 5.70. The highest BCUT2D eigenvalue weighted by atomic mass is 32.1. The summed E-state index contributed by atoms with van der Waals surface area (Å²) in [5.41, 5.74) is 0.984. The summed E-state index contributed by atoms with van der Waals surface area (Å²) in [5.74, 6) is 0.337. The zero-order valence-electron chi connectivity index (χ0n) is 13.5. The Morgan fingerprint density at radius 2 is 2.27 bits per heavy atom. The number of thiazole rings is 1. The van der Waals surface area contributed by atoms with Crippen LogP contribution in [0.15, 0.2) is 5.38 Å². The van der Waals surface area contributed by atoms with Gasteiger partial charge in [-0.15, -0.1) is 11.3 Å². The number of aryl methyl sites for hydroxylation is 1. The maximum atomic E-state index is 12.8. The Balaban J connectivity index is 1.63. The first-order chi connectivity index (χ1) is 10.6. The highest BCUT2D eigenvalue weighted by Crippen LogP contribution is 2.40. The lowest BCUT2D eigenvalue weighted by Crippen LogP contribution is -2.47. The van der Waals surface area contributed by atoms with Crippen LogP contribution in [0.3, 0.4) is 0 Å². The number of methoxy groups -OCH3 is 1. The molecule has 0 radical (unpaired) electrons. The van der Waals surface area contributed by atoms with E-state index in [0.717, 1.165) is 62.7 Å². The summed E-state index contributed by atoms with van der Waals surface area (Å²) in [4.78, 5) is 21.8. The molecular formula is C16H25N3O2S. The van der Waals surface area contributed by atoms with Crippen molar-refractivity contribution in [1.29, 1.82) is 0 Å². The predicted molar refractivity (Wildman–Crippen MR) is 86.9 cm³/mol. The average molecular weight is 323 g/mol. The Kier molecular flexibility index (Phi) is 4.80. The van der Waals surface area contributed by atoms with Crippen molar-refractivity contribution >= 4 is 17.2 Å². The summed E-state index contributed by atoms with van der Waals surface area (Å²) >= 11 is 1.70. The van der Waals surface area contributed by atoms with E-state index < -0.39 is 0 Å². The number of hydrogen-bond donors (Lipinski definition) is 0. The molecule has 122 valence electrons. The predicted octanol–water partition coefficient (Wildman–Crippen LogP) is 1.91. The molecule has 1 aromatic rings. The van der Waals surface area contributed by atoms with Crippen LogP contribution in [-0.2, 0) is 16.1 Å². The maximum absolute atomic E-state index is 12.8. The molecule has 3 heterocycles.